The molecule has 27 heavy (non-hydrogen) atoms. The van der Waals surface area contributed by atoms with E-state index in [0.29, 0.717) is 45.8 Å². The van der Waals surface area contributed by atoms with Crippen molar-refractivity contribution in [2.24, 2.45) is 0 Å². The first-order valence-corrected chi connectivity index (χ1v) is 10.9. The van der Waals surface area contributed by atoms with Crippen LogP contribution in [0.25, 0.3) is 0 Å². The molecule has 0 aromatic heterocycles. The number of nitrogens with one attached hydrogen (secondary N) is 1. The Balaban J connectivity index is 1.48. The summed E-state index contributed by atoms with van der Waals surface area (Å²) in [5, 5.41) is 2.80. The van der Waals surface area contributed by atoms with Crippen molar-refractivity contribution < 1.29 is 17.6 Å². The minimum absolute atomic E-state index is 0.230. The molecule has 0 saturated carbocycles. The van der Waals surface area contributed by atoms with Gasteiger partial charge in [0.15, 0.2) is 0 Å². The standard InChI is InChI=1S/C18H27FN4O3S/c19-17-7-5-16(6-8-17)15-20-18(24)21-11-13-23(14-12-21)27(25,26)22-9-3-1-2-4-10-22/h5-8H,1-4,9-15H2,(H,20,24). The lowest BCUT2D eigenvalue weighted by atomic mass is 10.2. The van der Waals surface area contributed by atoms with Crippen LogP contribution in [0, 0.1) is 5.82 Å². The van der Waals surface area contributed by atoms with Gasteiger partial charge in [0.25, 0.3) is 10.2 Å². The Labute approximate surface area is 160 Å². The maximum absolute atomic E-state index is 12.9. The first-order valence-electron chi connectivity index (χ1n) is 9.49. The number of rotatable bonds is 4. The van der Waals surface area contributed by atoms with Gasteiger partial charge in [0.2, 0.25) is 0 Å². The second kappa shape index (κ2) is 8.99. The van der Waals surface area contributed by atoms with E-state index < -0.39 is 10.2 Å². The number of benzene rings is 1. The fourth-order valence-electron chi connectivity index (χ4n) is 3.45. The quantitative estimate of drug-likeness (QED) is 0.840. The van der Waals surface area contributed by atoms with Crippen LogP contribution in [0.15, 0.2) is 24.3 Å². The van der Waals surface area contributed by atoms with Gasteiger partial charge >= 0.3 is 6.03 Å². The zero-order chi connectivity index (χ0) is 19.3. The summed E-state index contributed by atoms with van der Waals surface area (Å²) < 4.78 is 41.6. The summed E-state index contributed by atoms with van der Waals surface area (Å²) in [4.78, 5) is 13.9. The summed E-state index contributed by atoms with van der Waals surface area (Å²) >= 11 is 0. The van der Waals surface area contributed by atoms with Gasteiger partial charge < -0.3 is 10.2 Å². The zero-order valence-electron chi connectivity index (χ0n) is 15.4. The van der Waals surface area contributed by atoms with E-state index >= 15 is 0 Å². The molecular formula is C18H27FN4O3S. The largest absolute Gasteiger partial charge is 0.334 e. The van der Waals surface area contributed by atoms with Crippen molar-refractivity contribution in [3.8, 4) is 0 Å². The number of hydrogen-bond acceptors (Lipinski definition) is 3. The smallest absolute Gasteiger partial charge is 0.317 e. The number of amides is 2. The lowest BCUT2D eigenvalue weighted by Gasteiger charge is -2.36. The van der Waals surface area contributed by atoms with Gasteiger partial charge in [-0.25, -0.2) is 9.18 Å². The molecule has 1 N–H and O–H groups in total. The van der Waals surface area contributed by atoms with Crippen molar-refractivity contribution in [3.05, 3.63) is 35.6 Å². The number of nitrogens with zero attached hydrogens (tertiary/aromatic N) is 3. The van der Waals surface area contributed by atoms with E-state index in [4.69, 9.17) is 0 Å². The van der Waals surface area contributed by atoms with E-state index in [0.717, 1.165) is 31.2 Å². The molecule has 0 radical (unpaired) electrons. The van der Waals surface area contributed by atoms with Gasteiger partial charge in [-0.15, -0.1) is 0 Å². The van der Waals surface area contributed by atoms with E-state index in [1.807, 2.05) is 0 Å². The third-order valence-electron chi connectivity index (χ3n) is 5.10. The van der Waals surface area contributed by atoms with Crippen molar-refractivity contribution in [1.82, 2.24) is 18.8 Å². The van der Waals surface area contributed by atoms with E-state index in [9.17, 15) is 17.6 Å². The highest BCUT2D eigenvalue weighted by Gasteiger charge is 2.33. The summed E-state index contributed by atoms with van der Waals surface area (Å²) in [7, 11) is -3.44. The molecule has 2 heterocycles. The van der Waals surface area contributed by atoms with Crippen LogP contribution in [0.5, 0.6) is 0 Å². The minimum atomic E-state index is -3.44. The van der Waals surface area contributed by atoms with Crippen molar-refractivity contribution in [2.45, 2.75) is 32.2 Å². The van der Waals surface area contributed by atoms with E-state index in [1.165, 1.54) is 16.4 Å². The van der Waals surface area contributed by atoms with Gasteiger partial charge in [0.1, 0.15) is 5.82 Å². The fourth-order valence-corrected chi connectivity index (χ4v) is 5.12. The molecule has 0 bridgehead atoms. The van der Waals surface area contributed by atoms with Crippen molar-refractivity contribution in [2.75, 3.05) is 39.3 Å². The average molecular weight is 399 g/mol. The van der Waals surface area contributed by atoms with Gasteiger partial charge in [-0.3, -0.25) is 0 Å². The van der Waals surface area contributed by atoms with Crippen LogP contribution < -0.4 is 5.32 Å². The molecular weight excluding hydrogens is 371 g/mol. The van der Waals surface area contributed by atoms with Crippen LogP contribution >= 0.6 is 0 Å². The normalized spacial score (nSPS) is 20.3. The van der Waals surface area contributed by atoms with Crippen LogP contribution in [0.3, 0.4) is 0 Å². The van der Waals surface area contributed by atoms with Gasteiger partial charge in [-0.1, -0.05) is 25.0 Å². The Hall–Kier alpha value is -1.71. The number of hydrogen-bond donors (Lipinski definition) is 1. The van der Waals surface area contributed by atoms with E-state index in [-0.39, 0.29) is 11.8 Å². The summed E-state index contributed by atoms with van der Waals surface area (Å²) in [6.07, 6.45) is 3.97. The van der Waals surface area contributed by atoms with Crippen molar-refractivity contribution >= 4 is 16.2 Å². The lowest BCUT2D eigenvalue weighted by molar-refractivity contribution is 0.169. The van der Waals surface area contributed by atoms with E-state index in [1.54, 1.807) is 21.3 Å². The molecule has 0 spiro atoms. The topological polar surface area (TPSA) is 73.0 Å². The molecule has 2 saturated heterocycles. The lowest BCUT2D eigenvalue weighted by Crippen LogP contribution is -2.55. The van der Waals surface area contributed by atoms with Crippen LogP contribution in [0.1, 0.15) is 31.2 Å². The van der Waals surface area contributed by atoms with Gasteiger partial charge in [-0.05, 0) is 30.5 Å². The predicted octanol–water partition coefficient (Wildman–Crippen LogP) is 1.77. The number of carbonyl (C=O) groups excluding carboxylic acids is 1. The third-order valence-corrected chi connectivity index (χ3v) is 7.14. The Morgan fingerprint density at radius 3 is 2.04 bits per heavy atom. The molecule has 0 aliphatic carbocycles. The molecule has 1 aromatic rings. The Morgan fingerprint density at radius 1 is 0.889 bits per heavy atom. The van der Waals surface area contributed by atoms with Gasteiger partial charge in [0.05, 0.1) is 0 Å². The molecule has 0 unspecified atom stereocenters. The highest BCUT2D eigenvalue weighted by atomic mass is 32.2. The van der Waals surface area contributed by atoms with Crippen molar-refractivity contribution in [3.63, 3.8) is 0 Å². The molecule has 9 heteroatoms. The third kappa shape index (κ3) is 5.18. The molecule has 2 fully saturated rings. The van der Waals surface area contributed by atoms with Gasteiger partial charge in [-0.2, -0.15) is 17.0 Å². The molecule has 1 aromatic carbocycles. The van der Waals surface area contributed by atoms with Crippen LogP contribution in [0.4, 0.5) is 9.18 Å². The number of piperazine rings is 1. The molecule has 150 valence electrons. The van der Waals surface area contributed by atoms with Crippen molar-refractivity contribution in [1.29, 1.82) is 0 Å². The second-order valence-electron chi connectivity index (χ2n) is 6.99. The Kier molecular flexibility index (Phi) is 6.67. The molecule has 2 aliphatic heterocycles. The number of halogens is 1. The first kappa shape index (κ1) is 20.0. The average Bonchev–Trinajstić information content (AvgIpc) is 2.97. The summed E-state index contributed by atoms with van der Waals surface area (Å²) in [5.41, 5.74) is 0.812. The fraction of sp³-hybridized carbons (Fsp3) is 0.611. The molecule has 2 aliphatic rings. The summed E-state index contributed by atoms with van der Waals surface area (Å²) in [5.74, 6) is -0.313. The highest BCUT2D eigenvalue weighted by Crippen LogP contribution is 2.18. The Morgan fingerprint density at radius 2 is 1.44 bits per heavy atom. The monoisotopic (exact) mass is 398 g/mol. The first-order chi connectivity index (χ1) is 13.0. The number of carbonyl (C=O) groups is 1. The van der Waals surface area contributed by atoms with Crippen LogP contribution in [-0.2, 0) is 16.8 Å². The highest BCUT2D eigenvalue weighted by molar-refractivity contribution is 7.86. The summed E-state index contributed by atoms with van der Waals surface area (Å²) in [6.45, 7) is 2.82. The molecule has 3 rings (SSSR count). The molecule has 2 amide bonds. The predicted molar refractivity (Wildman–Crippen MR) is 101 cm³/mol. The number of urea groups is 1. The maximum Gasteiger partial charge on any atom is 0.317 e. The second-order valence-corrected chi connectivity index (χ2v) is 8.92. The Bertz CT molecular complexity index is 725. The maximum atomic E-state index is 12.9. The summed E-state index contributed by atoms with van der Waals surface area (Å²) in [6, 6.07) is 5.73. The zero-order valence-corrected chi connectivity index (χ0v) is 16.3. The minimum Gasteiger partial charge on any atom is -0.334 e. The van der Waals surface area contributed by atoms with E-state index in [2.05, 4.69) is 5.32 Å². The van der Waals surface area contributed by atoms with Gasteiger partial charge in [0, 0.05) is 45.8 Å². The molecule has 0 atom stereocenters. The molecule has 7 nitrogen and oxygen atoms in total. The van der Waals surface area contributed by atoms with Crippen LogP contribution in [0.2, 0.25) is 0 Å². The SMILES string of the molecule is O=C(NCc1ccc(F)cc1)N1CCN(S(=O)(=O)N2CCCCCC2)CC1. The van der Waals surface area contributed by atoms with Crippen LogP contribution in [-0.4, -0.2) is 67.2 Å².